The van der Waals surface area contributed by atoms with E-state index in [1.165, 1.54) is 0 Å². The van der Waals surface area contributed by atoms with Crippen LogP contribution in [0.2, 0.25) is 0 Å². The highest BCUT2D eigenvalue weighted by Gasteiger charge is 2.43. The van der Waals surface area contributed by atoms with Crippen LogP contribution in [-0.2, 0) is 13.3 Å². The first-order valence-electron chi connectivity index (χ1n) is 4.81. The Labute approximate surface area is 97.0 Å². The maximum Gasteiger partial charge on any atom is 0.536 e. The number of benzene rings is 1. The van der Waals surface area contributed by atoms with Crippen LogP contribution in [0.25, 0.3) is 5.20 Å². The molecule has 0 saturated heterocycles. The Morgan fingerprint density at radius 3 is 2.06 bits per heavy atom. The summed E-state index contributed by atoms with van der Waals surface area (Å²) in [6.07, 6.45) is 0. The lowest BCUT2D eigenvalue weighted by molar-refractivity contribution is 0.142. The number of nitrogens with two attached hydrogens (primary N) is 1. The molecule has 0 aliphatic heterocycles. The quantitative estimate of drug-likeness (QED) is 0.627. The Hall–Kier alpha value is -1.14. The minimum Gasteiger partial charge on any atom is -0.398 e. The van der Waals surface area contributed by atoms with Crippen LogP contribution in [0, 0.1) is 0 Å². The second-order valence-electron chi connectivity index (χ2n) is 3.23. The number of nitrogen functional groups attached to an aromatic ring is 1. The Morgan fingerprint density at radius 1 is 1.12 bits per heavy atom. The lowest BCUT2D eigenvalue weighted by Gasteiger charge is -2.26. The Kier molecular flexibility index (Phi) is 4.25. The molecule has 0 spiro atoms. The van der Waals surface area contributed by atoms with E-state index in [2.05, 4.69) is 6.58 Å². The molecule has 0 unspecified atom stereocenters. The van der Waals surface area contributed by atoms with Crippen molar-refractivity contribution >= 4 is 19.7 Å². The predicted octanol–water partition coefficient (Wildman–Crippen LogP) is 1.70. The van der Waals surface area contributed by atoms with Gasteiger partial charge in [0, 0.05) is 37.8 Å². The van der Waals surface area contributed by atoms with Gasteiger partial charge < -0.3 is 19.0 Å². The molecule has 88 valence electrons. The summed E-state index contributed by atoms with van der Waals surface area (Å²) in [5.41, 5.74) is 7.32. The van der Waals surface area contributed by atoms with Crippen molar-refractivity contribution in [1.82, 2.24) is 0 Å². The first kappa shape index (κ1) is 12.9. The van der Waals surface area contributed by atoms with Crippen molar-refractivity contribution in [2.45, 2.75) is 0 Å². The highest BCUT2D eigenvalue weighted by molar-refractivity contribution is 6.81. The van der Waals surface area contributed by atoms with Crippen molar-refractivity contribution in [2.75, 3.05) is 27.1 Å². The van der Waals surface area contributed by atoms with E-state index in [1.54, 1.807) is 27.4 Å². The van der Waals surface area contributed by atoms with Crippen molar-refractivity contribution in [3.8, 4) is 0 Å². The van der Waals surface area contributed by atoms with Gasteiger partial charge >= 0.3 is 8.80 Å². The monoisotopic (exact) mass is 239 g/mol. The topological polar surface area (TPSA) is 53.7 Å². The molecule has 1 rings (SSSR count). The molecule has 0 radical (unpaired) electrons. The fraction of sp³-hybridized carbons (Fsp3) is 0.273. The lowest BCUT2D eigenvalue weighted by atomic mass is 10.2. The average molecular weight is 239 g/mol. The number of anilines is 1. The Morgan fingerprint density at radius 2 is 1.62 bits per heavy atom. The zero-order valence-electron chi connectivity index (χ0n) is 9.82. The molecular formula is C11H17NO3Si. The Bertz CT molecular complexity index is 369. The molecule has 5 heteroatoms. The molecule has 0 fully saturated rings. The number of hydrogen-bond acceptors (Lipinski definition) is 4. The van der Waals surface area contributed by atoms with Gasteiger partial charge in [-0.05, 0) is 6.07 Å². The molecule has 0 aliphatic carbocycles. The lowest BCUT2D eigenvalue weighted by Crippen LogP contribution is -2.44. The van der Waals surface area contributed by atoms with E-state index in [0.29, 0.717) is 10.9 Å². The SMILES string of the molecule is C=C(c1ccccc1N)[Si](OC)(OC)OC. The van der Waals surface area contributed by atoms with Crippen LogP contribution in [0.15, 0.2) is 30.8 Å². The van der Waals surface area contributed by atoms with Crippen molar-refractivity contribution in [3.63, 3.8) is 0 Å². The van der Waals surface area contributed by atoms with Gasteiger partial charge in [0.15, 0.2) is 0 Å². The molecule has 2 N–H and O–H groups in total. The van der Waals surface area contributed by atoms with Crippen LogP contribution in [-0.4, -0.2) is 30.1 Å². The molecule has 0 aromatic heterocycles. The minimum atomic E-state index is -2.87. The van der Waals surface area contributed by atoms with E-state index in [0.717, 1.165) is 5.56 Å². The fourth-order valence-electron chi connectivity index (χ4n) is 1.56. The second kappa shape index (κ2) is 5.27. The van der Waals surface area contributed by atoms with Gasteiger partial charge in [-0.2, -0.15) is 0 Å². The van der Waals surface area contributed by atoms with Crippen LogP contribution in [0.4, 0.5) is 5.69 Å². The van der Waals surface area contributed by atoms with Crippen molar-refractivity contribution in [2.24, 2.45) is 0 Å². The third-order valence-electron chi connectivity index (χ3n) is 2.46. The van der Waals surface area contributed by atoms with Gasteiger partial charge in [-0.25, -0.2) is 0 Å². The summed E-state index contributed by atoms with van der Waals surface area (Å²) in [6.45, 7) is 3.98. The van der Waals surface area contributed by atoms with Crippen LogP contribution >= 0.6 is 0 Å². The first-order valence-corrected chi connectivity index (χ1v) is 6.53. The maximum absolute atomic E-state index is 5.88. The van der Waals surface area contributed by atoms with E-state index in [-0.39, 0.29) is 0 Å². The van der Waals surface area contributed by atoms with Gasteiger partial charge in [0.2, 0.25) is 0 Å². The highest BCUT2D eigenvalue weighted by atomic mass is 28.4. The zero-order valence-corrected chi connectivity index (χ0v) is 10.8. The summed E-state index contributed by atoms with van der Waals surface area (Å²) >= 11 is 0. The molecule has 16 heavy (non-hydrogen) atoms. The largest absolute Gasteiger partial charge is 0.536 e. The molecule has 0 bridgehead atoms. The molecule has 0 atom stereocenters. The van der Waals surface area contributed by atoms with E-state index < -0.39 is 8.80 Å². The Balaban J connectivity index is 3.14. The highest BCUT2D eigenvalue weighted by Crippen LogP contribution is 2.29. The van der Waals surface area contributed by atoms with Gasteiger partial charge in [0.05, 0.1) is 0 Å². The molecule has 0 saturated carbocycles. The fourth-order valence-corrected chi connectivity index (χ4v) is 3.35. The second-order valence-corrected chi connectivity index (χ2v) is 6.18. The zero-order chi connectivity index (χ0) is 12.2. The summed E-state index contributed by atoms with van der Waals surface area (Å²) in [5, 5.41) is 0.665. The van der Waals surface area contributed by atoms with Gasteiger partial charge in [0.1, 0.15) is 0 Å². The molecule has 0 aliphatic rings. The summed E-state index contributed by atoms with van der Waals surface area (Å²) in [6, 6.07) is 7.43. The number of para-hydroxylation sites is 1. The van der Waals surface area contributed by atoms with Crippen molar-refractivity contribution in [3.05, 3.63) is 36.4 Å². The first-order chi connectivity index (χ1) is 7.61. The summed E-state index contributed by atoms with van der Waals surface area (Å²) in [4.78, 5) is 0. The maximum atomic E-state index is 5.88. The van der Waals surface area contributed by atoms with Gasteiger partial charge in [-0.3, -0.25) is 0 Å². The third kappa shape index (κ3) is 2.17. The van der Waals surface area contributed by atoms with Crippen molar-refractivity contribution < 1.29 is 13.3 Å². The molecular weight excluding hydrogens is 222 g/mol. The molecule has 0 amide bonds. The van der Waals surface area contributed by atoms with Crippen LogP contribution < -0.4 is 5.73 Å². The summed E-state index contributed by atoms with van der Waals surface area (Å²) < 4.78 is 16.0. The third-order valence-corrected chi connectivity index (χ3v) is 5.08. The standard InChI is InChI=1S/C11H17NO3Si/c1-9(16(13-2,14-3)15-4)10-7-5-6-8-11(10)12/h5-8H,1,12H2,2-4H3. The van der Waals surface area contributed by atoms with Gasteiger partial charge in [-0.15, -0.1) is 0 Å². The molecule has 4 nitrogen and oxygen atoms in total. The summed E-state index contributed by atoms with van der Waals surface area (Å²) in [5.74, 6) is 0. The van der Waals surface area contributed by atoms with Crippen LogP contribution in [0.1, 0.15) is 5.56 Å². The van der Waals surface area contributed by atoms with Crippen molar-refractivity contribution in [1.29, 1.82) is 0 Å². The molecule has 0 heterocycles. The minimum absolute atomic E-state index is 0.635. The van der Waals surface area contributed by atoms with Gasteiger partial charge in [-0.1, -0.05) is 24.8 Å². The molecule has 1 aromatic carbocycles. The summed E-state index contributed by atoms with van der Waals surface area (Å²) in [7, 11) is 1.77. The smallest absolute Gasteiger partial charge is 0.398 e. The van der Waals surface area contributed by atoms with E-state index >= 15 is 0 Å². The van der Waals surface area contributed by atoms with E-state index in [9.17, 15) is 0 Å². The normalized spacial score (nSPS) is 11.4. The van der Waals surface area contributed by atoms with Crippen LogP contribution in [0.3, 0.4) is 0 Å². The predicted molar refractivity (Wildman–Crippen MR) is 66.7 cm³/mol. The van der Waals surface area contributed by atoms with Gasteiger partial charge in [0.25, 0.3) is 0 Å². The molecule has 1 aromatic rings. The average Bonchev–Trinajstić information content (AvgIpc) is 2.32. The van der Waals surface area contributed by atoms with E-state index in [1.807, 2.05) is 18.2 Å². The number of hydrogen-bond donors (Lipinski definition) is 1. The van der Waals surface area contributed by atoms with E-state index in [4.69, 9.17) is 19.0 Å². The van der Waals surface area contributed by atoms with Crippen LogP contribution in [0.5, 0.6) is 0 Å². The number of rotatable bonds is 5.